The molecule has 60 heavy (non-hydrogen) atoms. The van der Waals surface area contributed by atoms with Crippen LogP contribution in [0, 0.1) is 5.92 Å². The van der Waals surface area contributed by atoms with Crippen LogP contribution in [0.3, 0.4) is 0 Å². The van der Waals surface area contributed by atoms with Gasteiger partial charge in [-0.3, -0.25) is 14.4 Å². The predicted octanol–water partition coefficient (Wildman–Crippen LogP) is 4.49. The summed E-state index contributed by atoms with van der Waals surface area (Å²) in [6.45, 7) is -0.208. The minimum Gasteiger partial charge on any atom is -0.508 e. The molecule has 0 amide bonds. The van der Waals surface area contributed by atoms with E-state index in [1.165, 1.54) is 47.4 Å². The Morgan fingerprint density at radius 1 is 0.817 bits per heavy atom. The van der Waals surface area contributed by atoms with Crippen LogP contribution in [-0.4, -0.2) is 61.5 Å². The number of phenols is 1. The van der Waals surface area contributed by atoms with E-state index < -0.39 is 40.2 Å². The summed E-state index contributed by atoms with van der Waals surface area (Å²) in [5.74, 6) is -1.70. The fourth-order valence-corrected chi connectivity index (χ4v) is 9.78. The largest absolute Gasteiger partial charge is 0.508 e. The van der Waals surface area contributed by atoms with Crippen molar-refractivity contribution >= 4 is 28.2 Å². The number of nitrogens with zero attached hydrogens (tertiary/aromatic N) is 5. The standard InChI is InChI=1S/C46H41N5O9/c1-48-34-25-38(60-4)37(59-3)24-32(34)47-31(43(48)55)19-20-49-44(56)50-21-18-28-33(51(50)45(49)57)23-30-42(54)29(26-12-7-5-8-13-26)22-39(53)46(30,27-14-9-6-10-15-27)41(28)40-35(52)16-11-17-36(40)58-2/h5-18,22,24-25,30,33,41,52H,19-21,23H2,1-4H3. The normalized spacial score (nSPS) is 20.8. The molecular weight excluding hydrogens is 767 g/mol. The van der Waals surface area contributed by atoms with Crippen LogP contribution < -0.4 is 31.1 Å². The van der Waals surface area contributed by atoms with Gasteiger partial charge in [-0.25, -0.2) is 28.5 Å². The van der Waals surface area contributed by atoms with Crippen molar-refractivity contribution < 1.29 is 28.9 Å². The minimum atomic E-state index is -1.58. The SMILES string of the molecule is COc1cc2nc(CCn3c(=O)n4n(c3=O)C3CC5C(=O)C(c6ccccc6)=CC(=O)C5(c5ccccc5)C(c5c(O)cccc5OC)C3=CC4)c(=O)n(C)c2cc1OC. The topological polar surface area (TPSA) is 166 Å². The van der Waals surface area contributed by atoms with E-state index in [1.807, 2.05) is 42.5 Å². The lowest BCUT2D eigenvalue weighted by atomic mass is 9.47. The fourth-order valence-electron chi connectivity index (χ4n) is 9.78. The Labute approximate surface area is 342 Å². The third kappa shape index (κ3) is 5.53. The molecule has 0 saturated heterocycles. The zero-order valence-corrected chi connectivity index (χ0v) is 33.3. The fraction of sp³-hybridized carbons (Fsp3) is 0.261. The number of fused-ring (bicyclic) bond motifs is 5. The van der Waals surface area contributed by atoms with Gasteiger partial charge in [-0.15, -0.1) is 0 Å². The maximum Gasteiger partial charge on any atom is 0.347 e. The molecule has 4 unspecified atom stereocenters. The maximum absolute atomic E-state index is 15.3. The summed E-state index contributed by atoms with van der Waals surface area (Å²) in [4.78, 5) is 77.6. The number of Topliss-reactive ketones (excluding diaryl/α,β-unsaturated/α-hetero) is 1. The summed E-state index contributed by atoms with van der Waals surface area (Å²) >= 11 is 0. The van der Waals surface area contributed by atoms with Crippen molar-refractivity contribution in [2.75, 3.05) is 21.3 Å². The lowest BCUT2D eigenvalue weighted by Crippen LogP contribution is -2.58. The van der Waals surface area contributed by atoms with Gasteiger partial charge in [0.15, 0.2) is 23.1 Å². The van der Waals surface area contributed by atoms with E-state index in [9.17, 15) is 19.5 Å². The number of carbonyl (C=O) groups excluding carboxylic acids is 2. The van der Waals surface area contributed by atoms with Crippen LogP contribution in [0.2, 0.25) is 0 Å². The molecule has 3 heterocycles. The number of methoxy groups -OCH3 is 3. The number of hydrogen-bond acceptors (Lipinski definition) is 10. The number of rotatable bonds is 9. The van der Waals surface area contributed by atoms with Gasteiger partial charge in [0, 0.05) is 55.1 Å². The van der Waals surface area contributed by atoms with Gasteiger partial charge < -0.3 is 23.9 Å². The Balaban J connectivity index is 1.21. The average Bonchev–Trinajstić information content (AvgIpc) is 3.52. The van der Waals surface area contributed by atoms with Gasteiger partial charge >= 0.3 is 11.4 Å². The Hall–Kier alpha value is -7.22. The summed E-state index contributed by atoms with van der Waals surface area (Å²) in [6, 6.07) is 25.3. The first-order chi connectivity index (χ1) is 29.0. The van der Waals surface area contributed by atoms with Crippen molar-refractivity contribution in [3.8, 4) is 23.0 Å². The van der Waals surface area contributed by atoms with Gasteiger partial charge in [-0.05, 0) is 41.3 Å². The number of phenolic OH excluding ortho intramolecular Hbond substituents is 1. The van der Waals surface area contributed by atoms with Crippen LogP contribution in [0.15, 0.2) is 123 Å². The van der Waals surface area contributed by atoms with Crippen molar-refractivity contribution in [2.45, 2.75) is 43.3 Å². The maximum atomic E-state index is 15.3. The molecule has 6 aromatic rings. The van der Waals surface area contributed by atoms with Crippen LogP contribution in [-0.2, 0) is 41.6 Å². The highest BCUT2D eigenvalue weighted by Crippen LogP contribution is 2.63. The third-order valence-electron chi connectivity index (χ3n) is 12.5. The lowest BCUT2D eigenvalue weighted by Gasteiger charge is -2.54. The van der Waals surface area contributed by atoms with Gasteiger partial charge in [0.25, 0.3) is 5.56 Å². The summed E-state index contributed by atoms with van der Waals surface area (Å²) < 4.78 is 21.9. The van der Waals surface area contributed by atoms with Crippen LogP contribution in [0.5, 0.6) is 23.0 Å². The highest BCUT2D eigenvalue weighted by molar-refractivity contribution is 6.31. The Kier molecular flexibility index (Phi) is 9.29. The molecule has 2 aromatic heterocycles. The van der Waals surface area contributed by atoms with E-state index in [-0.39, 0.29) is 54.5 Å². The molecule has 4 atom stereocenters. The number of aromatic nitrogens is 5. The second-order valence-corrected chi connectivity index (χ2v) is 15.2. The molecule has 3 aliphatic rings. The number of hydrogen-bond donors (Lipinski definition) is 1. The van der Waals surface area contributed by atoms with Crippen LogP contribution >= 0.6 is 0 Å². The third-order valence-corrected chi connectivity index (χ3v) is 12.5. The number of ether oxygens (including phenoxy) is 3. The van der Waals surface area contributed by atoms with Gasteiger partial charge in [-0.2, -0.15) is 0 Å². The number of ketones is 2. The molecule has 0 radical (unpaired) electrons. The van der Waals surface area contributed by atoms with Gasteiger partial charge in [0.1, 0.15) is 17.2 Å². The van der Waals surface area contributed by atoms with Crippen molar-refractivity contribution in [1.82, 2.24) is 23.5 Å². The molecule has 2 aliphatic carbocycles. The molecular formula is C46H41N5O9. The van der Waals surface area contributed by atoms with E-state index in [4.69, 9.17) is 14.2 Å². The molecule has 1 fully saturated rings. The van der Waals surface area contributed by atoms with Crippen molar-refractivity contribution in [1.29, 1.82) is 0 Å². The summed E-state index contributed by atoms with van der Waals surface area (Å²) in [7, 11) is 6.07. The molecule has 1 saturated carbocycles. The number of aryl methyl sites for hydroxylation is 2. The van der Waals surface area contributed by atoms with E-state index in [0.29, 0.717) is 50.5 Å². The van der Waals surface area contributed by atoms with Crippen LogP contribution in [0.25, 0.3) is 16.6 Å². The predicted molar refractivity (Wildman–Crippen MR) is 222 cm³/mol. The summed E-state index contributed by atoms with van der Waals surface area (Å²) in [6.07, 6.45) is 3.18. The summed E-state index contributed by atoms with van der Waals surface area (Å²) in [5.41, 5.74) is 0.142. The highest BCUT2D eigenvalue weighted by atomic mass is 16.5. The Morgan fingerprint density at radius 2 is 1.50 bits per heavy atom. The summed E-state index contributed by atoms with van der Waals surface area (Å²) in [5, 5.41) is 11.7. The first-order valence-corrected chi connectivity index (χ1v) is 19.6. The van der Waals surface area contributed by atoms with E-state index in [1.54, 1.807) is 55.6 Å². The number of allylic oxidation sites excluding steroid dienone is 4. The first-order valence-electron chi connectivity index (χ1n) is 19.6. The smallest absolute Gasteiger partial charge is 0.347 e. The van der Waals surface area contributed by atoms with Crippen molar-refractivity contribution in [2.24, 2.45) is 13.0 Å². The van der Waals surface area contributed by atoms with Crippen LogP contribution in [0.1, 0.15) is 40.8 Å². The molecule has 1 N–H and O–H groups in total. The number of benzene rings is 4. The monoisotopic (exact) mass is 807 g/mol. The van der Waals surface area contributed by atoms with Gasteiger partial charge in [0.2, 0.25) is 0 Å². The number of carbonyl (C=O) groups is 2. The number of aromatic hydroxyl groups is 1. The molecule has 1 aliphatic heterocycles. The lowest BCUT2D eigenvalue weighted by molar-refractivity contribution is -0.133. The molecule has 14 nitrogen and oxygen atoms in total. The van der Waals surface area contributed by atoms with E-state index >= 15 is 9.59 Å². The molecule has 0 bridgehead atoms. The van der Waals surface area contributed by atoms with Crippen LogP contribution in [0.4, 0.5) is 0 Å². The highest BCUT2D eigenvalue weighted by Gasteiger charge is 2.64. The molecule has 14 heteroatoms. The Bertz CT molecular complexity index is 2990. The first kappa shape index (κ1) is 38.3. The average molecular weight is 808 g/mol. The molecule has 9 rings (SSSR count). The zero-order valence-electron chi connectivity index (χ0n) is 33.3. The quantitative estimate of drug-likeness (QED) is 0.206. The van der Waals surface area contributed by atoms with Crippen molar-refractivity contribution in [3.63, 3.8) is 0 Å². The Morgan fingerprint density at radius 3 is 2.20 bits per heavy atom. The van der Waals surface area contributed by atoms with Crippen molar-refractivity contribution in [3.05, 3.63) is 162 Å². The van der Waals surface area contributed by atoms with E-state index in [0.717, 1.165) is 4.57 Å². The second-order valence-electron chi connectivity index (χ2n) is 15.2. The molecule has 0 spiro atoms. The molecule has 4 aromatic carbocycles. The molecule has 304 valence electrons. The zero-order chi connectivity index (χ0) is 42.0. The second kappa shape index (κ2) is 14.6. The van der Waals surface area contributed by atoms with Gasteiger partial charge in [0.05, 0.1) is 50.4 Å². The van der Waals surface area contributed by atoms with Gasteiger partial charge in [-0.1, -0.05) is 72.8 Å². The van der Waals surface area contributed by atoms with E-state index in [2.05, 4.69) is 4.98 Å². The minimum absolute atomic E-state index is 0.0106.